The Labute approximate surface area is 397 Å². The molecule has 10 nitrogen and oxygen atoms in total. The van der Waals surface area contributed by atoms with Crippen molar-refractivity contribution in [3.63, 3.8) is 0 Å². The Bertz CT molecular complexity index is 2530. The van der Waals surface area contributed by atoms with E-state index in [4.69, 9.17) is 28.4 Å². The summed E-state index contributed by atoms with van der Waals surface area (Å²) in [6, 6.07) is 23.5. The maximum absolute atomic E-state index is 12.5. The molecule has 1 unspecified atom stereocenters. The lowest BCUT2D eigenvalue weighted by molar-refractivity contribution is -0.142. The molecule has 3 aliphatic rings. The number of ether oxygens (including phenoxy) is 6. The van der Waals surface area contributed by atoms with Crippen LogP contribution in [0.15, 0.2) is 78.9 Å². The monoisotopic (exact) mass is 998 g/mol. The fourth-order valence-corrected chi connectivity index (χ4v) is 9.96. The minimum absolute atomic E-state index is 0.0440. The van der Waals surface area contributed by atoms with Crippen LogP contribution in [0.4, 0.5) is 0 Å². The minimum Gasteiger partial charge on any atom is -0.492 e. The Hall–Kier alpha value is -5.17. The largest absolute Gasteiger partial charge is 0.492 e. The molecule has 65 heavy (non-hydrogen) atoms. The molecule has 0 bridgehead atoms. The van der Waals surface area contributed by atoms with Gasteiger partial charge in [0, 0.05) is 17.2 Å². The number of fused-ring (bicyclic) bond motifs is 3. The van der Waals surface area contributed by atoms with E-state index in [1.54, 1.807) is 30.3 Å². The molecular weight excluding hydrogens is 935 g/mol. The molecule has 4 aromatic rings. The third kappa shape index (κ3) is 10.1. The summed E-state index contributed by atoms with van der Waals surface area (Å²) in [6.45, 7) is 18.7. The SMILES string of the molecule is COC(=O)C=C(COc1cc(C(=O)OC)ccc1I)c1ccc2c(c1)C(C)(C)CCC2(C)C.COC(=O)CC1(c2ccc3c(c2)C(C)(C)CCC3(C)C)COc2cc(C(=O)OC)ccc21. The standard InChI is InChI=1S/C27H31IO5.C27H32O5/c1-26(2)11-12-27(3,4)21-13-17(7-9-20(21)26)19(15-24(29)31-5)16-33-23-14-18(25(30)32-6)8-10-22(23)28;1-25(2)11-12-26(3,4)21-14-18(8-10-19(21)25)27(15-23(28)30-5)16-32-22-13-17(24(29)31-6)7-9-20(22)27/h7-10,13-15H,11-12,16H2,1-6H3;7-10,13-14H,11-12,15-16H2,1-6H3. The topological polar surface area (TPSA) is 124 Å². The van der Waals surface area contributed by atoms with Gasteiger partial charge in [0.25, 0.3) is 0 Å². The molecule has 346 valence electrons. The Morgan fingerprint density at radius 3 is 1.66 bits per heavy atom. The second kappa shape index (κ2) is 19.0. The molecular formula is C54H63IO10. The minimum atomic E-state index is -0.677. The lowest BCUT2D eigenvalue weighted by Gasteiger charge is -2.43. The van der Waals surface area contributed by atoms with Gasteiger partial charge in [-0.05, 0) is 134 Å². The van der Waals surface area contributed by atoms with Crippen LogP contribution in [0.3, 0.4) is 0 Å². The molecule has 1 atom stereocenters. The summed E-state index contributed by atoms with van der Waals surface area (Å²) >= 11 is 2.16. The predicted molar refractivity (Wildman–Crippen MR) is 260 cm³/mol. The molecule has 0 aromatic heterocycles. The first-order chi connectivity index (χ1) is 30.5. The second-order valence-corrected chi connectivity index (χ2v) is 21.2. The third-order valence-corrected chi connectivity index (χ3v) is 14.8. The van der Waals surface area contributed by atoms with E-state index in [1.165, 1.54) is 56.8 Å². The molecule has 7 rings (SSSR count). The molecule has 0 radical (unpaired) electrons. The van der Waals surface area contributed by atoms with Crippen molar-refractivity contribution in [2.45, 2.75) is 115 Å². The van der Waals surface area contributed by atoms with Gasteiger partial charge >= 0.3 is 23.9 Å². The number of carbonyl (C=O) groups excluding carboxylic acids is 4. The second-order valence-electron chi connectivity index (χ2n) is 20.0. The maximum Gasteiger partial charge on any atom is 0.337 e. The Balaban J connectivity index is 0.000000215. The summed E-state index contributed by atoms with van der Waals surface area (Å²) in [5.41, 5.74) is 9.37. The number of hydrogen-bond donors (Lipinski definition) is 0. The lowest BCUT2D eigenvalue weighted by atomic mass is 9.61. The maximum atomic E-state index is 12.5. The van der Waals surface area contributed by atoms with Gasteiger partial charge in [-0.25, -0.2) is 14.4 Å². The normalized spacial score (nSPS) is 19.4. The van der Waals surface area contributed by atoms with Gasteiger partial charge in [-0.2, -0.15) is 0 Å². The molecule has 0 fully saturated rings. The van der Waals surface area contributed by atoms with Crippen LogP contribution in [-0.4, -0.2) is 65.5 Å². The number of carbonyl (C=O) groups is 4. The summed E-state index contributed by atoms with van der Waals surface area (Å²) in [4.78, 5) is 48.6. The van der Waals surface area contributed by atoms with Gasteiger partial charge in [0.15, 0.2) is 0 Å². The van der Waals surface area contributed by atoms with Crippen LogP contribution in [0.5, 0.6) is 11.5 Å². The molecule has 11 heteroatoms. The zero-order valence-corrected chi connectivity index (χ0v) is 42.1. The number of rotatable bonds is 10. The van der Waals surface area contributed by atoms with Crippen molar-refractivity contribution >= 4 is 52.0 Å². The van der Waals surface area contributed by atoms with Gasteiger partial charge in [0.05, 0.1) is 55.0 Å². The molecule has 0 saturated heterocycles. The van der Waals surface area contributed by atoms with Crippen molar-refractivity contribution in [1.82, 2.24) is 0 Å². The van der Waals surface area contributed by atoms with Gasteiger partial charge in [0.2, 0.25) is 0 Å². The van der Waals surface area contributed by atoms with Crippen molar-refractivity contribution < 1.29 is 47.6 Å². The van der Waals surface area contributed by atoms with E-state index in [1.807, 2.05) is 6.07 Å². The Morgan fingerprint density at radius 2 is 1.09 bits per heavy atom. The smallest absolute Gasteiger partial charge is 0.337 e. The Morgan fingerprint density at radius 1 is 0.585 bits per heavy atom. The number of benzene rings is 4. The average molecular weight is 999 g/mol. The van der Waals surface area contributed by atoms with Crippen LogP contribution in [0, 0.1) is 3.57 Å². The fourth-order valence-electron chi connectivity index (χ4n) is 9.46. The lowest BCUT2D eigenvalue weighted by Crippen LogP contribution is -2.37. The highest BCUT2D eigenvalue weighted by molar-refractivity contribution is 14.1. The van der Waals surface area contributed by atoms with Crippen LogP contribution >= 0.6 is 22.6 Å². The van der Waals surface area contributed by atoms with Crippen molar-refractivity contribution in [3.05, 3.63) is 133 Å². The van der Waals surface area contributed by atoms with Gasteiger partial charge in [-0.1, -0.05) is 97.9 Å². The molecule has 0 spiro atoms. The van der Waals surface area contributed by atoms with E-state index >= 15 is 0 Å². The first-order valence-corrected chi connectivity index (χ1v) is 23.1. The third-order valence-electron chi connectivity index (χ3n) is 13.9. The highest BCUT2D eigenvalue weighted by Gasteiger charge is 2.47. The zero-order valence-electron chi connectivity index (χ0n) is 39.9. The zero-order chi connectivity index (χ0) is 47.7. The molecule has 1 heterocycles. The van der Waals surface area contributed by atoms with E-state index in [9.17, 15) is 19.2 Å². The van der Waals surface area contributed by atoms with Gasteiger partial charge in [0.1, 0.15) is 24.7 Å². The van der Waals surface area contributed by atoms with Crippen LogP contribution in [-0.2, 0) is 55.6 Å². The van der Waals surface area contributed by atoms with E-state index in [0.717, 1.165) is 45.9 Å². The highest BCUT2D eigenvalue weighted by atomic mass is 127. The van der Waals surface area contributed by atoms with E-state index in [0.29, 0.717) is 34.8 Å². The van der Waals surface area contributed by atoms with Gasteiger partial charge in [-0.3, -0.25) is 4.79 Å². The predicted octanol–water partition coefficient (Wildman–Crippen LogP) is 11.1. The first-order valence-electron chi connectivity index (χ1n) is 22.0. The first kappa shape index (κ1) is 49.3. The molecule has 0 amide bonds. The number of methoxy groups -OCH3 is 4. The van der Waals surface area contributed by atoms with Crippen LogP contribution in [0.25, 0.3) is 5.57 Å². The molecule has 1 aliphatic heterocycles. The van der Waals surface area contributed by atoms with Crippen molar-refractivity contribution in [2.75, 3.05) is 41.7 Å². The molecule has 0 N–H and O–H groups in total. The number of halogens is 1. The average Bonchev–Trinajstić information content (AvgIpc) is 3.66. The molecule has 4 aromatic carbocycles. The van der Waals surface area contributed by atoms with Gasteiger partial charge in [-0.15, -0.1) is 0 Å². The summed E-state index contributed by atoms with van der Waals surface area (Å²) in [7, 11) is 5.47. The highest BCUT2D eigenvalue weighted by Crippen LogP contribution is 2.51. The van der Waals surface area contributed by atoms with E-state index in [2.05, 4.69) is 114 Å². The molecule has 0 saturated carbocycles. The van der Waals surface area contributed by atoms with Crippen LogP contribution in [0.2, 0.25) is 0 Å². The van der Waals surface area contributed by atoms with Crippen molar-refractivity contribution in [1.29, 1.82) is 0 Å². The summed E-state index contributed by atoms with van der Waals surface area (Å²) in [5.74, 6) is -0.428. The van der Waals surface area contributed by atoms with E-state index < -0.39 is 23.3 Å². The quantitative estimate of drug-likeness (QED) is 0.0656. The van der Waals surface area contributed by atoms with Crippen molar-refractivity contribution in [3.8, 4) is 11.5 Å². The summed E-state index contributed by atoms with van der Waals surface area (Å²) in [6.07, 6.45) is 6.12. The summed E-state index contributed by atoms with van der Waals surface area (Å²) in [5, 5.41) is 0. The van der Waals surface area contributed by atoms with E-state index in [-0.39, 0.29) is 40.7 Å². The fraction of sp³-hybridized carbons (Fsp3) is 0.444. The van der Waals surface area contributed by atoms with Crippen LogP contribution < -0.4 is 9.47 Å². The van der Waals surface area contributed by atoms with Gasteiger partial charge < -0.3 is 28.4 Å². The van der Waals surface area contributed by atoms with Crippen molar-refractivity contribution in [2.24, 2.45) is 0 Å². The summed E-state index contributed by atoms with van der Waals surface area (Å²) < 4.78 is 32.6. The number of hydrogen-bond acceptors (Lipinski definition) is 10. The number of esters is 4. The van der Waals surface area contributed by atoms with Crippen LogP contribution in [0.1, 0.15) is 147 Å². The molecule has 2 aliphatic carbocycles. The Kier molecular flexibility index (Phi) is 14.4.